The summed E-state index contributed by atoms with van der Waals surface area (Å²) < 4.78 is 6.06. The van der Waals surface area contributed by atoms with Crippen LogP contribution in [-0.4, -0.2) is 17.3 Å². The van der Waals surface area contributed by atoms with Crippen LogP contribution in [0.3, 0.4) is 0 Å². The number of ether oxygens (including phenoxy) is 1. The molecule has 2 nitrogen and oxygen atoms in total. The second-order valence-corrected chi connectivity index (χ2v) is 4.60. The van der Waals surface area contributed by atoms with E-state index in [4.69, 9.17) is 9.84 Å². The Bertz CT molecular complexity index is 367. The number of rotatable bonds is 8. The van der Waals surface area contributed by atoms with Gasteiger partial charge in [-0.25, -0.2) is 0 Å². The number of hydrogen-bond donors (Lipinski definition) is 1. The highest BCUT2D eigenvalue weighted by Gasteiger charge is 2.26. The van der Waals surface area contributed by atoms with E-state index in [2.05, 4.69) is 32.6 Å². The summed E-state index contributed by atoms with van der Waals surface area (Å²) in [6.07, 6.45) is 4.38. The van der Waals surface area contributed by atoms with Crippen molar-refractivity contribution in [3.05, 3.63) is 42.0 Å². The summed E-state index contributed by atoms with van der Waals surface area (Å²) in [5.74, 6) is 0. The third-order valence-electron chi connectivity index (χ3n) is 3.59. The topological polar surface area (TPSA) is 29.5 Å². The average molecular weight is 248 g/mol. The van der Waals surface area contributed by atoms with Crippen LogP contribution in [0.4, 0.5) is 0 Å². The fourth-order valence-electron chi connectivity index (χ4n) is 2.13. The van der Waals surface area contributed by atoms with Gasteiger partial charge in [0.15, 0.2) is 0 Å². The van der Waals surface area contributed by atoms with Gasteiger partial charge in [0.25, 0.3) is 0 Å². The molecule has 1 aromatic rings. The first kappa shape index (κ1) is 14.9. The number of aliphatic hydroxyl groups is 1. The molecule has 0 amide bonds. The SMILES string of the molecule is C=Cc1cccc(COC(CC)(CC)CCO)c1. The Morgan fingerprint density at radius 2 is 2.06 bits per heavy atom. The molecule has 2 heteroatoms. The quantitative estimate of drug-likeness (QED) is 0.758. The lowest BCUT2D eigenvalue weighted by atomic mass is 9.93. The third-order valence-corrected chi connectivity index (χ3v) is 3.59. The molecule has 0 aliphatic carbocycles. The van der Waals surface area contributed by atoms with Gasteiger partial charge in [-0.15, -0.1) is 0 Å². The lowest BCUT2D eigenvalue weighted by Crippen LogP contribution is -2.32. The van der Waals surface area contributed by atoms with Crippen molar-refractivity contribution in [2.75, 3.05) is 6.61 Å². The highest BCUT2D eigenvalue weighted by atomic mass is 16.5. The van der Waals surface area contributed by atoms with Crippen LogP contribution in [0.15, 0.2) is 30.8 Å². The normalized spacial score (nSPS) is 11.5. The molecule has 0 aliphatic rings. The summed E-state index contributed by atoms with van der Waals surface area (Å²) in [7, 11) is 0. The van der Waals surface area contributed by atoms with Crippen molar-refractivity contribution in [2.45, 2.75) is 45.3 Å². The zero-order valence-corrected chi connectivity index (χ0v) is 11.5. The predicted molar refractivity (Wildman–Crippen MR) is 76.3 cm³/mol. The smallest absolute Gasteiger partial charge is 0.0724 e. The first-order valence-corrected chi connectivity index (χ1v) is 6.66. The minimum absolute atomic E-state index is 0.175. The van der Waals surface area contributed by atoms with Crippen LogP contribution in [0.2, 0.25) is 0 Å². The minimum Gasteiger partial charge on any atom is -0.396 e. The number of aliphatic hydroxyl groups excluding tert-OH is 1. The Hall–Kier alpha value is -1.12. The Labute approximate surface area is 110 Å². The summed E-state index contributed by atoms with van der Waals surface area (Å²) in [5.41, 5.74) is 2.06. The number of benzene rings is 1. The molecule has 0 saturated carbocycles. The van der Waals surface area contributed by atoms with Gasteiger partial charge >= 0.3 is 0 Å². The van der Waals surface area contributed by atoms with E-state index in [0.717, 1.165) is 24.0 Å². The molecule has 0 saturated heterocycles. The van der Waals surface area contributed by atoms with Gasteiger partial charge in [-0.2, -0.15) is 0 Å². The van der Waals surface area contributed by atoms with Crippen LogP contribution in [-0.2, 0) is 11.3 Å². The minimum atomic E-state index is -0.196. The summed E-state index contributed by atoms with van der Waals surface area (Å²) >= 11 is 0. The molecule has 0 atom stereocenters. The molecule has 0 spiro atoms. The van der Waals surface area contributed by atoms with Crippen LogP contribution >= 0.6 is 0 Å². The molecule has 0 aromatic heterocycles. The molecule has 0 aliphatic heterocycles. The van der Waals surface area contributed by atoms with E-state index in [1.165, 1.54) is 0 Å². The van der Waals surface area contributed by atoms with E-state index in [9.17, 15) is 0 Å². The Morgan fingerprint density at radius 1 is 1.33 bits per heavy atom. The highest BCUT2D eigenvalue weighted by Crippen LogP contribution is 2.26. The van der Waals surface area contributed by atoms with E-state index < -0.39 is 0 Å². The van der Waals surface area contributed by atoms with Gasteiger partial charge in [0.1, 0.15) is 0 Å². The van der Waals surface area contributed by atoms with E-state index in [-0.39, 0.29) is 12.2 Å². The average Bonchev–Trinajstić information content (AvgIpc) is 2.44. The zero-order chi connectivity index (χ0) is 13.4. The fourth-order valence-corrected chi connectivity index (χ4v) is 2.13. The van der Waals surface area contributed by atoms with Gasteiger partial charge < -0.3 is 9.84 Å². The van der Waals surface area contributed by atoms with Crippen molar-refractivity contribution >= 4 is 6.08 Å². The van der Waals surface area contributed by atoms with Gasteiger partial charge in [-0.05, 0) is 36.5 Å². The molecule has 0 radical (unpaired) electrons. The van der Waals surface area contributed by atoms with Crippen molar-refractivity contribution in [3.8, 4) is 0 Å². The van der Waals surface area contributed by atoms with Gasteiger partial charge in [-0.3, -0.25) is 0 Å². The molecule has 100 valence electrons. The summed E-state index contributed by atoms with van der Waals surface area (Å²) in [6.45, 7) is 8.75. The summed E-state index contributed by atoms with van der Waals surface area (Å²) in [4.78, 5) is 0. The Morgan fingerprint density at radius 3 is 2.61 bits per heavy atom. The van der Waals surface area contributed by atoms with Crippen LogP contribution in [0.25, 0.3) is 6.08 Å². The standard InChI is InChI=1S/C16H24O2/c1-4-14-8-7-9-15(12-14)13-18-16(5-2,6-3)10-11-17/h4,7-9,12,17H,1,5-6,10-11,13H2,2-3H3. The molecular weight excluding hydrogens is 224 g/mol. The van der Waals surface area contributed by atoms with Crippen molar-refractivity contribution in [1.82, 2.24) is 0 Å². The summed E-state index contributed by atoms with van der Waals surface area (Å²) in [5, 5.41) is 9.15. The Balaban J connectivity index is 2.68. The highest BCUT2D eigenvalue weighted by molar-refractivity contribution is 5.47. The Kier molecular flexibility index (Phi) is 6.10. The second-order valence-electron chi connectivity index (χ2n) is 4.60. The van der Waals surface area contributed by atoms with E-state index >= 15 is 0 Å². The monoisotopic (exact) mass is 248 g/mol. The zero-order valence-electron chi connectivity index (χ0n) is 11.5. The van der Waals surface area contributed by atoms with Crippen LogP contribution in [0.5, 0.6) is 0 Å². The van der Waals surface area contributed by atoms with E-state index in [1.807, 2.05) is 18.2 Å². The van der Waals surface area contributed by atoms with Crippen molar-refractivity contribution in [1.29, 1.82) is 0 Å². The maximum atomic E-state index is 9.15. The molecule has 1 N–H and O–H groups in total. The largest absolute Gasteiger partial charge is 0.396 e. The van der Waals surface area contributed by atoms with Crippen molar-refractivity contribution in [2.24, 2.45) is 0 Å². The van der Waals surface area contributed by atoms with Crippen LogP contribution < -0.4 is 0 Å². The van der Waals surface area contributed by atoms with E-state index in [1.54, 1.807) is 0 Å². The van der Waals surface area contributed by atoms with Gasteiger partial charge in [0.05, 0.1) is 12.2 Å². The molecule has 0 heterocycles. The summed E-state index contributed by atoms with van der Waals surface area (Å²) in [6, 6.07) is 8.18. The molecule has 1 rings (SSSR count). The number of hydrogen-bond acceptors (Lipinski definition) is 2. The first-order chi connectivity index (χ1) is 8.69. The van der Waals surface area contributed by atoms with Crippen LogP contribution in [0, 0.1) is 0 Å². The maximum absolute atomic E-state index is 9.15. The van der Waals surface area contributed by atoms with Crippen LogP contribution in [0.1, 0.15) is 44.2 Å². The molecule has 1 aromatic carbocycles. The van der Waals surface area contributed by atoms with E-state index in [0.29, 0.717) is 13.0 Å². The van der Waals surface area contributed by atoms with Gasteiger partial charge in [0.2, 0.25) is 0 Å². The van der Waals surface area contributed by atoms with Crippen molar-refractivity contribution < 1.29 is 9.84 Å². The van der Waals surface area contributed by atoms with Gasteiger partial charge in [0, 0.05) is 6.61 Å². The lowest BCUT2D eigenvalue weighted by Gasteiger charge is -2.31. The third kappa shape index (κ3) is 3.97. The molecule has 0 unspecified atom stereocenters. The molecule has 18 heavy (non-hydrogen) atoms. The predicted octanol–water partition coefficient (Wildman–Crippen LogP) is 3.79. The molecule has 0 fully saturated rings. The first-order valence-electron chi connectivity index (χ1n) is 6.66. The molecular formula is C16H24O2. The maximum Gasteiger partial charge on any atom is 0.0724 e. The molecule has 0 bridgehead atoms. The van der Waals surface area contributed by atoms with Crippen molar-refractivity contribution in [3.63, 3.8) is 0 Å². The lowest BCUT2D eigenvalue weighted by molar-refractivity contribution is -0.0754. The second kappa shape index (κ2) is 7.34. The van der Waals surface area contributed by atoms with Gasteiger partial charge in [-0.1, -0.05) is 44.7 Å². The fraction of sp³-hybridized carbons (Fsp3) is 0.500.